The first-order chi connectivity index (χ1) is 5.65. The quantitative estimate of drug-likeness (QED) is 0.638. The van der Waals surface area contributed by atoms with E-state index in [9.17, 15) is 4.79 Å². The number of rotatable bonds is 2. The maximum absolute atomic E-state index is 11.2. The zero-order valence-corrected chi connectivity index (χ0v) is 8.13. The van der Waals surface area contributed by atoms with Gasteiger partial charge in [-0.2, -0.15) is 0 Å². The predicted octanol–water partition coefficient (Wildman–Crippen LogP) is 0.115. The fourth-order valence-corrected chi connectivity index (χ4v) is 1.89. The molecule has 0 aromatic heterocycles. The van der Waals surface area contributed by atoms with Crippen LogP contribution in [0.15, 0.2) is 0 Å². The van der Waals surface area contributed by atoms with Crippen molar-refractivity contribution in [1.29, 1.82) is 0 Å². The van der Waals surface area contributed by atoms with Gasteiger partial charge in [0.15, 0.2) is 0 Å². The number of nitrogens with zero attached hydrogens (tertiary/aromatic N) is 1. The Morgan fingerprint density at radius 3 is 2.75 bits per heavy atom. The maximum Gasteiger partial charge on any atom is 0.134 e. The van der Waals surface area contributed by atoms with E-state index in [0.29, 0.717) is 11.8 Å². The summed E-state index contributed by atoms with van der Waals surface area (Å²) in [6.07, 6.45) is 0.997. The molecule has 1 aliphatic rings. The molecular weight excluding hydrogens is 152 g/mol. The summed E-state index contributed by atoms with van der Waals surface area (Å²) in [4.78, 5) is 13.5. The molecule has 1 N–H and O–H groups in total. The van der Waals surface area contributed by atoms with Gasteiger partial charge in [0.2, 0.25) is 0 Å². The number of carbonyl (C=O) groups is 1. The summed E-state index contributed by atoms with van der Waals surface area (Å²) in [5.74, 6) is 0.550. The van der Waals surface area contributed by atoms with Gasteiger partial charge in [0.1, 0.15) is 5.78 Å². The van der Waals surface area contributed by atoms with Crippen molar-refractivity contribution in [1.82, 2.24) is 10.2 Å². The minimum atomic E-state index is 0.228. The summed E-state index contributed by atoms with van der Waals surface area (Å²) < 4.78 is 0. The number of piperidine rings is 1. The minimum Gasteiger partial charge on any atom is -0.315 e. The highest BCUT2D eigenvalue weighted by molar-refractivity contribution is 5.79. The molecule has 1 saturated heterocycles. The van der Waals surface area contributed by atoms with Crippen LogP contribution in [0.25, 0.3) is 0 Å². The van der Waals surface area contributed by atoms with E-state index in [4.69, 9.17) is 0 Å². The van der Waals surface area contributed by atoms with Crippen molar-refractivity contribution in [3.05, 3.63) is 0 Å². The number of Topliss-reactive ketones (excluding diaryl/α,β-unsaturated/α-hetero) is 1. The summed E-state index contributed by atoms with van der Waals surface area (Å²) in [5, 5.41) is 3.20. The Hall–Kier alpha value is -0.410. The second kappa shape index (κ2) is 4.01. The lowest BCUT2D eigenvalue weighted by molar-refractivity contribution is -0.122. The molecule has 3 nitrogen and oxygen atoms in total. The smallest absolute Gasteiger partial charge is 0.134 e. The second-order valence-corrected chi connectivity index (χ2v) is 3.66. The molecule has 0 bridgehead atoms. The third-order valence-corrected chi connectivity index (χ3v) is 2.71. The van der Waals surface area contributed by atoms with Crippen LogP contribution in [0, 0.1) is 5.92 Å². The number of carbonyl (C=O) groups excluding carboxylic acids is 1. The van der Waals surface area contributed by atoms with Crippen LogP contribution in [-0.2, 0) is 4.79 Å². The van der Waals surface area contributed by atoms with E-state index >= 15 is 0 Å². The van der Waals surface area contributed by atoms with E-state index < -0.39 is 0 Å². The maximum atomic E-state index is 11.2. The lowest BCUT2D eigenvalue weighted by Crippen LogP contribution is -2.50. The van der Waals surface area contributed by atoms with Crippen molar-refractivity contribution in [2.45, 2.75) is 19.4 Å². The second-order valence-electron chi connectivity index (χ2n) is 3.66. The van der Waals surface area contributed by atoms with Gasteiger partial charge in [-0.15, -0.1) is 0 Å². The highest BCUT2D eigenvalue weighted by atomic mass is 16.1. The molecule has 2 unspecified atom stereocenters. The van der Waals surface area contributed by atoms with E-state index in [0.717, 1.165) is 19.5 Å². The van der Waals surface area contributed by atoms with Crippen LogP contribution in [-0.4, -0.2) is 43.9 Å². The Kier molecular flexibility index (Phi) is 3.23. The Morgan fingerprint density at radius 2 is 2.25 bits per heavy atom. The Labute approximate surface area is 74.1 Å². The molecule has 2 atom stereocenters. The van der Waals surface area contributed by atoms with Crippen molar-refractivity contribution >= 4 is 5.78 Å². The number of nitrogens with one attached hydrogen (secondary N) is 1. The van der Waals surface area contributed by atoms with Gasteiger partial charge in [0.05, 0.1) is 0 Å². The molecular formula is C9H18N2O. The molecule has 0 saturated carbocycles. The van der Waals surface area contributed by atoms with Gasteiger partial charge in [-0.1, -0.05) is 0 Å². The molecule has 0 amide bonds. The van der Waals surface area contributed by atoms with Crippen LogP contribution in [0.4, 0.5) is 0 Å². The van der Waals surface area contributed by atoms with Gasteiger partial charge in [-0.05, 0) is 34.0 Å². The molecule has 0 aromatic rings. The zero-order chi connectivity index (χ0) is 9.14. The third-order valence-electron chi connectivity index (χ3n) is 2.71. The molecule has 3 heteroatoms. The zero-order valence-electron chi connectivity index (χ0n) is 8.13. The molecule has 1 fully saturated rings. The van der Waals surface area contributed by atoms with Crippen molar-refractivity contribution in [3.8, 4) is 0 Å². The topological polar surface area (TPSA) is 32.3 Å². The summed E-state index contributed by atoms with van der Waals surface area (Å²) in [6.45, 7) is 3.73. The number of hydrogen-bond donors (Lipinski definition) is 1. The number of likely N-dealkylation sites (N-methyl/N-ethyl adjacent to an activating group) is 2. The average Bonchev–Trinajstić information content (AvgIpc) is 2.03. The summed E-state index contributed by atoms with van der Waals surface area (Å²) >= 11 is 0. The molecule has 0 radical (unpaired) electrons. The van der Waals surface area contributed by atoms with Crippen LogP contribution < -0.4 is 5.32 Å². The first kappa shape index (κ1) is 9.68. The van der Waals surface area contributed by atoms with Crippen molar-refractivity contribution in [3.63, 3.8) is 0 Å². The summed E-state index contributed by atoms with van der Waals surface area (Å²) in [6, 6.07) is 0.348. The van der Waals surface area contributed by atoms with Crippen LogP contribution in [0.1, 0.15) is 13.3 Å². The molecule has 0 spiro atoms. The third kappa shape index (κ3) is 2.05. The fraction of sp³-hybridized carbons (Fsp3) is 0.889. The molecule has 1 heterocycles. The van der Waals surface area contributed by atoms with Gasteiger partial charge in [-0.25, -0.2) is 0 Å². The summed E-state index contributed by atoms with van der Waals surface area (Å²) in [7, 11) is 4.03. The lowest BCUT2D eigenvalue weighted by Gasteiger charge is -2.35. The minimum absolute atomic E-state index is 0.228. The van der Waals surface area contributed by atoms with Crippen molar-refractivity contribution in [2.75, 3.05) is 27.2 Å². The number of ketones is 1. The number of likely N-dealkylation sites (tertiary alicyclic amines) is 1. The van der Waals surface area contributed by atoms with Crippen LogP contribution in [0.2, 0.25) is 0 Å². The van der Waals surface area contributed by atoms with Crippen LogP contribution in [0.3, 0.4) is 0 Å². The largest absolute Gasteiger partial charge is 0.315 e. The van der Waals surface area contributed by atoms with Crippen LogP contribution in [0.5, 0.6) is 0 Å². The molecule has 1 rings (SSSR count). The molecule has 0 aliphatic carbocycles. The highest BCUT2D eigenvalue weighted by Crippen LogP contribution is 2.17. The average molecular weight is 170 g/mol. The molecule has 0 aromatic carbocycles. The van der Waals surface area contributed by atoms with E-state index in [1.54, 1.807) is 6.92 Å². The van der Waals surface area contributed by atoms with E-state index in [2.05, 4.69) is 17.3 Å². The number of hydrogen-bond acceptors (Lipinski definition) is 3. The van der Waals surface area contributed by atoms with Crippen molar-refractivity contribution < 1.29 is 4.79 Å². The fourth-order valence-electron chi connectivity index (χ4n) is 1.89. The SMILES string of the molecule is CNC1CN(C)CCC1C(C)=O. The molecule has 1 aliphatic heterocycles. The van der Waals surface area contributed by atoms with E-state index in [1.807, 2.05) is 7.05 Å². The van der Waals surface area contributed by atoms with Crippen LogP contribution >= 0.6 is 0 Å². The van der Waals surface area contributed by atoms with Gasteiger partial charge < -0.3 is 10.2 Å². The summed E-state index contributed by atoms with van der Waals surface area (Å²) in [5.41, 5.74) is 0. The lowest BCUT2D eigenvalue weighted by atomic mass is 9.89. The molecule has 12 heavy (non-hydrogen) atoms. The Balaban J connectivity index is 2.56. The van der Waals surface area contributed by atoms with Crippen molar-refractivity contribution in [2.24, 2.45) is 5.92 Å². The first-order valence-electron chi connectivity index (χ1n) is 4.51. The normalized spacial score (nSPS) is 31.9. The monoisotopic (exact) mass is 170 g/mol. The predicted molar refractivity (Wildman–Crippen MR) is 49.1 cm³/mol. The first-order valence-corrected chi connectivity index (χ1v) is 4.51. The van der Waals surface area contributed by atoms with E-state index in [-0.39, 0.29) is 5.92 Å². The van der Waals surface area contributed by atoms with E-state index in [1.165, 1.54) is 0 Å². The van der Waals surface area contributed by atoms with Gasteiger partial charge in [0, 0.05) is 18.5 Å². The molecule has 70 valence electrons. The Bertz CT molecular complexity index is 170. The Morgan fingerprint density at radius 1 is 1.58 bits per heavy atom. The van der Waals surface area contributed by atoms with Gasteiger partial charge in [0.25, 0.3) is 0 Å². The standard InChI is InChI=1S/C9H18N2O/c1-7(12)8-4-5-11(3)6-9(8)10-2/h8-10H,4-6H2,1-3H3. The van der Waals surface area contributed by atoms with Gasteiger partial charge in [-0.3, -0.25) is 4.79 Å². The van der Waals surface area contributed by atoms with Gasteiger partial charge >= 0.3 is 0 Å². The highest BCUT2D eigenvalue weighted by Gasteiger charge is 2.29.